The summed E-state index contributed by atoms with van der Waals surface area (Å²) < 4.78 is 16.1. The smallest absolute Gasteiger partial charge is 0.244 e. The van der Waals surface area contributed by atoms with Crippen molar-refractivity contribution in [1.29, 1.82) is 0 Å². The van der Waals surface area contributed by atoms with Crippen molar-refractivity contribution in [3.05, 3.63) is 59.2 Å². The Balaban J connectivity index is 2.10. The number of halogens is 1. The van der Waals surface area contributed by atoms with E-state index in [1.54, 1.807) is 16.8 Å². The van der Waals surface area contributed by atoms with Gasteiger partial charge in [-0.25, -0.2) is 9.07 Å². The molecule has 2 rings (SSSR count). The summed E-state index contributed by atoms with van der Waals surface area (Å²) in [4.78, 5) is 13.9. The van der Waals surface area contributed by atoms with Crippen LogP contribution in [0.25, 0.3) is 5.69 Å². The maximum atomic E-state index is 14.5. The highest BCUT2D eigenvalue weighted by Crippen LogP contribution is 2.21. The van der Waals surface area contributed by atoms with Crippen molar-refractivity contribution < 1.29 is 9.18 Å². The molecule has 134 valence electrons. The number of hydrogen-bond acceptors (Lipinski definition) is 3. The molecule has 1 atom stereocenters. The van der Waals surface area contributed by atoms with Crippen LogP contribution in [-0.4, -0.2) is 41.2 Å². The van der Waals surface area contributed by atoms with Crippen LogP contribution in [0.2, 0.25) is 0 Å². The second-order valence-corrected chi connectivity index (χ2v) is 6.44. The predicted octanol–water partition coefficient (Wildman–Crippen LogP) is 2.92. The molecule has 1 unspecified atom stereocenters. The van der Waals surface area contributed by atoms with Gasteiger partial charge in [-0.3, -0.25) is 4.79 Å². The number of benzene rings is 1. The molecule has 0 aliphatic rings. The molecule has 1 amide bonds. The molecular weight excluding hydrogens is 319 g/mol. The van der Waals surface area contributed by atoms with Gasteiger partial charge in [-0.05, 0) is 58.6 Å². The molecule has 0 saturated carbocycles. The van der Waals surface area contributed by atoms with Crippen molar-refractivity contribution in [1.82, 2.24) is 20.0 Å². The minimum atomic E-state index is -0.368. The van der Waals surface area contributed by atoms with Crippen molar-refractivity contribution in [2.75, 3.05) is 20.6 Å². The van der Waals surface area contributed by atoms with Crippen LogP contribution < -0.4 is 5.32 Å². The lowest BCUT2D eigenvalue weighted by Crippen LogP contribution is -2.25. The van der Waals surface area contributed by atoms with Crippen LogP contribution in [0, 0.1) is 19.7 Å². The number of aromatic nitrogens is 2. The lowest BCUT2D eigenvalue weighted by Gasteiger charge is -2.15. The Morgan fingerprint density at radius 1 is 1.36 bits per heavy atom. The van der Waals surface area contributed by atoms with Crippen LogP contribution >= 0.6 is 0 Å². The van der Waals surface area contributed by atoms with E-state index in [-0.39, 0.29) is 17.8 Å². The fourth-order valence-electron chi connectivity index (χ4n) is 2.55. The molecule has 0 saturated heterocycles. The molecule has 1 aromatic carbocycles. The van der Waals surface area contributed by atoms with Crippen molar-refractivity contribution in [3.8, 4) is 5.69 Å². The number of nitrogens with zero attached hydrogens (tertiary/aromatic N) is 3. The second kappa shape index (κ2) is 8.07. The quantitative estimate of drug-likeness (QED) is 0.820. The summed E-state index contributed by atoms with van der Waals surface area (Å²) in [6, 6.07) is 6.55. The lowest BCUT2D eigenvalue weighted by molar-refractivity contribution is -0.117. The summed E-state index contributed by atoms with van der Waals surface area (Å²) in [6.07, 6.45) is 3.28. The average molecular weight is 344 g/mol. The van der Waals surface area contributed by atoms with Crippen molar-refractivity contribution in [3.63, 3.8) is 0 Å². The molecule has 25 heavy (non-hydrogen) atoms. The minimum absolute atomic E-state index is 0.197. The zero-order valence-electron chi connectivity index (χ0n) is 15.4. The fourth-order valence-corrected chi connectivity index (χ4v) is 2.55. The van der Waals surface area contributed by atoms with E-state index in [2.05, 4.69) is 10.4 Å². The van der Waals surface area contributed by atoms with E-state index in [0.717, 1.165) is 11.4 Å². The Kier molecular flexibility index (Phi) is 6.09. The highest BCUT2D eigenvalue weighted by molar-refractivity contribution is 5.87. The van der Waals surface area contributed by atoms with Gasteiger partial charge in [0.1, 0.15) is 11.5 Å². The maximum absolute atomic E-state index is 14.5. The number of carbonyl (C=O) groups is 1. The van der Waals surface area contributed by atoms with Crippen LogP contribution in [-0.2, 0) is 4.79 Å². The van der Waals surface area contributed by atoms with Crippen LogP contribution in [0.4, 0.5) is 4.39 Å². The minimum Gasteiger partial charge on any atom is -0.346 e. The monoisotopic (exact) mass is 344 g/mol. The van der Waals surface area contributed by atoms with E-state index in [0.29, 0.717) is 17.8 Å². The third-order valence-electron chi connectivity index (χ3n) is 3.81. The molecule has 0 fully saturated rings. The Morgan fingerprint density at radius 3 is 2.64 bits per heavy atom. The number of likely N-dealkylation sites (N-methyl/N-ethyl adjacent to an activating group) is 1. The summed E-state index contributed by atoms with van der Waals surface area (Å²) in [5.41, 5.74) is 2.82. The highest BCUT2D eigenvalue weighted by Gasteiger charge is 2.13. The number of carbonyl (C=O) groups excluding carboxylic acids is 1. The second-order valence-electron chi connectivity index (χ2n) is 6.44. The molecule has 0 bridgehead atoms. The van der Waals surface area contributed by atoms with E-state index < -0.39 is 0 Å². The topological polar surface area (TPSA) is 50.2 Å². The molecule has 0 spiro atoms. The van der Waals surface area contributed by atoms with Crippen LogP contribution in [0.3, 0.4) is 0 Å². The number of aryl methyl sites for hydroxylation is 2. The summed E-state index contributed by atoms with van der Waals surface area (Å²) in [5, 5.41) is 7.14. The standard InChI is InChI=1S/C19H25FN4O/c1-13-11-14(2)24(22-13)18-9-8-16(12-17(18)20)15(3)21-19(25)7-6-10-23(4)5/h6-9,11-12,15H,10H2,1-5H3,(H,21,25)/b7-6+. The van der Waals surface area contributed by atoms with E-state index in [4.69, 9.17) is 0 Å². The average Bonchev–Trinajstić information content (AvgIpc) is 2.85. The molecule has 1 aromatic heterocycles. The summed E-state index contributed by atoms with van der Waals surface area (Å²) >= 11 is 0. The van der Waals surface area contributed by atoms with Gasteiger partial charge in [0, 0.05) is 18.3 Å². The van der Waals surface area contributed by atoms with Crippen molar-refractivity contribution in [2.45, 2.75) is 26.8 Å². The number of nitrogens with one attached hydrogen (secondary N) is 1. The Labute approximate surface area is 148 Å². The molecule has 2 aromatic rings. The molecule has 1 heterocycles. The van der Waals surface area contributed by atoms with Gasteiger partial charge in [0.05, 0.1) is 11.7 Å². The third kappa shape index (κ3) is 5.00. The summed E-state index contributed by atoms with van der Waals surface area (Å²) in [6.45, 7) is 6.27. The van der Waals surface area contributed by atoms with Crippen LogP contribution in [0.5, 0.6) is 0 Å². The number of hydrogen-bond donors (Lipinski definition) is 1. The van der Waals surface area contributed by atoms with Gasteiger partial charge in [0.2, 0.25) is 5.91 Å². The van der Waals surface area contributed by atoms with E-state index >= 15 is 0 Å². The maximum Gasteiger partial charge on any atom is 0.244 e. The van der Waals surface area contributed by atoms with E-state index in [9.17, 15) is 9.18 Å². The van der Waals surface area contributed by atoms with Gasteiger partial charge in [-0.2, -0.15) is 5.10 Å². The molecule has 0 aliphatic carbocycles. The summed E-state index contributed by atoms with van der Waals surface area (Å²) in [7, 11) is 3.86. The zero-order valence-corrected chi connectivity index (χ0v) is 15.4. The van der Waals surface area contributed by atoms with E-state index in [1.807, 2.05) is 51.9 Å². The van der Waals surface area contributed by atoms with Crippen LogP contribution in [0.1, 0.15) is 29.9 Å². The Bertz CT molecular complexity index is 780. The SMILES string of the molecule is Cc1cc(C)n(-c2ccc(C(C)NC(=O)/C=C/CN(C)C)cc2F)n1. The molecule has 0 aliphatic heterocycles. The van der Waals surface area contributed by atoms with Gasteiger partial charge in [0.15, 0.2) is 0 Å². The van der Waals surface area contributed by atoms with Gasteiger partial charge < -0.3 is 10.2 Å². The van der Waals surface area contributed by atoms with Gasteiger partial charge in [-0.1, -0.05) is 12.1 Å². The van der Waals surface area contributed by atoms with Crippen LogP contribution in [0.15, 0.2) is 36.4 Å². The summed E-state index contributed by atoms with van der Waals surface area (Å²) in [5.74, 6) is -0.565. The van der Waals surface area contributed by atoms with Crippen molar-refractivity contribution >= 4 is 5.91 Å². The number of amides is 1. The first-order valence-corrected chi connectivity index (χ1v) is 8.22. The molecule has 5 nitrogen and oxygen atoms in total. The first kappa shape index (κ1) is 18.9. The molecule has 0 radical (unpaired) electrons. The Morgan fingerprint density at radius 2 is 2.08 bits per heavy atom. The van der Waals surface area contributed by atoms with Gasteiger partial charge >= 0.3 is 0 Å². The first-order chi connectivity index (χ1) is 11.8. The van der Waals surface area contributed by atoms with Gasteiger partial charge in [0.25, 0.3) is 0 Å². The van der Waals surface area contributed by atoms with Crippen molar-refractivity contribution in [2.24, 2.45) is 0 Å². The largest absolute Gasteiger partial charge is 0.346 e. The third-order valence-corrected chi connectivity index (χ3v) is 3.81. The number of rotatable bonds is 6. The Hall–Kier alpha value is -2.47. The molecule has 6 heteroatoms. The lowest BCUT2D eigenvalue weighted by atomic mass is 10.1. The first-order valence-electron chi connectivity index (χ1n) is 8.22. The zero-order chi connectivity index (χ0) is 18.6. The predicted molar refractivity (Wildman–Crippen MR) is 97.2 cm³/mol. The fraction of sp³-hybridized carbons (Fsp3) is 0.368. The van der Waals surface area contributed by atoms with E-state index in [1.165, 1.54) is 12.1 Å². The van der Waals surface area contributed by atoms with Gasteiger partial charge in [-0.15, -0.1) is 0 Å². The molecule has 1 N–H and O–H groups in total. The molecular formula is C19H25FN4O. The highest BCUT2D eigenvalue weighted by atomic mass is 19.1. The normalized spacial score (nSPS) is 12.8.